The summed E-state index contributed by atoms with van der Waals surface area (Å²) in [5, 5.41) is 4.82. The third-order valence-corrected chi connectivity index (χ3v) is 12.8. The predicted octanol–water partition coefficient (Wildman–Crippen LogP) is 14.0. The van der Waals surface area contributed by atoms with Gasteiger partial charge in [-0.25, -0.2) is 0 Å². The van der Waals surface area contributed by atoms with Crippen LogP contribution in [0, 0.1) is 0 Å². The smallest absolute Gasteiger partial charge is 0.142 e. The number of benzene rings is 9. The largest absolute Gasteiger partial charge is 0.456 e. The molecule has 4 heterocycles. The Morgan fingerprint density at radius 2 is 0.914 bits per heavy atom. The van der Waals surface area contributed by atoms with E-state index in [1.807, 2.05) is 0 Å². The first-order chi connectivity index (χ1) is 28.8. The normalized spacial score (nSPS) is 15.1. The van der Waals surface area contributed by atoms with Crippen LogP contribution in [-0.2, 0) is 5.41 Å². The van der Waals surface area contributed by atoms with E-state index in [0.717, 1.165) is 44.7 Å². The van der Waals surface area contributed by atoms with Crippen molar-refractivity contribution in [1.82, 2.24) is 9.13 Å². The van der Waals surface area contributed by atoms with Gasteiger partial charge >= 0.3 is 0 Å². The molecule has 1 unspecified atom stereocenters. The number of fused-ring (bicyclic) bond motifs is 15. The molecular weight excluding hydrogens is 705 g/mol. The Morgan fingerprint density at radius 3 is 1.69 bits per heavy atom. The lowest BCUT2D eigenvalue weighted by molar-refractivity contribution is 0.439. The van der Waals surface area contributed by atoms with Gasteiger partial charge in [-0.3, -0.25) is 0 Å². The van der Waals surface area contributed by atoms with Crippen LogP contribution in [0.4, 0.5) is 0 Å². The van der Waals surface area contributed by atoms with Crippen molar-refractivity contribution in [2.75, 3.05) is 0 Å². The molecule has 2 aromatic heterocycles. The molecule has 9 aromatic carbocycles. The zero-order valence-electron chi connectivity index (χ0n) is 31.4. The Morgan fingerprint density at radius 1 is 0.345 bits per heavy atom. The Labute approximate surface area is 335 Å². The van der Waals surface area contributed by atoms with E-state index >= 15 is 0 Å². The van der Waals surface area contributed by atoms with Crippen molar-refractivity contribution in [3.8, 4) is 45.1 Å². The molecular formula is C55H34N2O. The lowest BCUT2D eigenvalue weighted by Crippen LogP contribution is -2.37. The average molecular weight is 739 g/mol. The number of para-hydroxylation sites is 5. The lowest BCUT2D eigenvalue weighted by atomic mass is 9.61. The lowest BCUT2D eigenvalue weighted by Gasteiger charge is -2.45. The molecule has 0 saturated heterocycles. The van der Waals surface area contributed by atoms with Gasteiger partial charge in [0.25, 0.3) is 0 Å². The van der Waals surface area contributed by atoms with Gasteiger partial charge in [0, 0.05) is 33.0 Å². The zero-order chi connectivity index (χ0) is 38.0. The van der Waals surface area contributed by atoms with E-state index in [-0.39, 0.29) is 0 Å². The summed E-state index contributed by atoms with van der Waals surface area (Å²) in [6.45, 7) is 0. The van der Waals surface area contributed by atoms with Crippen LogP contribution in [-0.4, -0.2) is 9.13 Å². The van der Waals surface area contributed by atoms with Crippen LogP contribution in [0.25, 0.3) is 77.2 Å². The standard InChI is InChI=1S/C55H34N2O/c1-2-13-35(14-3-1)36-25-27-37(28-26-36)38-29-31-39(32-30-38)56-48-22-9-5-16-42(48)52-50(56)34-33-46-54(52)58-51-24-11-7-19-44(51)55(46)43-18-6-10-23-49(43)57-47-21-8-4-15-40(47)41-17-12-20-45(55)53(41)57/h1-34H. The SMILES string of the molecule is c1ccc(-c2ccc(-c3ccc(-n4c5ccccc5c5c6c(ccc54)C4(c5ccccc5O6)c5ccccc5-n5c6ccccc6c6cccc4c65)cc3)cc2)cc1. The van der Waals surface area contributed by atoms with E-state index in [4.69, 9.17) is 4.74 Å². The molecule has 1 spiro atoms. The molecule has 3 heteroatoms. The Hall–Kier alpha value is -7.62. The van der Waals surface area contributed by atoms with Gasteiger partial charge in [-0.1, -0.05) is 164 Å². The molecule has 2 aliphatic rings. The molecule has 3 nitrogen and oxygen atoms in total. The topological polar surface area (TPSA) is 19.1 Å². The van der Waals surface area contributed by atoms with Crippen LogP contribution in [0.1, 0.15) is 22.3 Å². The number of hydrogen-bond donors (Lipinski definition) is 0. The van der Waals surface area contributed by atoms with E-state index in [2.05, 4.69) is 215 Å². The van der Waals surface area contributed by atoms with Crippen LogP contribution < -0.4 is 4.74 Å². The predicted molar refractivity (Wildman–Crippen MR) is 238 cm³/mol. The second-order valence-electron chi connectivity index (χ2n) is 15.6. The second kappa shape index (κ2) is 11.7. The molecule has 0 N–H and O–H groups in total. The van der Waals surface area contributed by atoms with E-state index in [1.165, 1.54) is 66.3 Å². The summed E-state index contributed by atoms with van der Waals surface area (Å²) in [6.07, 6.45) is 0. The van der Waals surface area contributed by atoms with Gasteiger partial charge in [-0.05, 0) is 75.8 Å². The second-order valence-corrected chi connectivity index (χ2v) is 15.6. The van der Waals surface area contributed by atoms with Crippen molar-refractivity contribution in [2.24, 2.45) is 0 Å². The maximum absolute atomic E-state index is 7.23. The summed E-state index contributed by atoms with van der Waals surface area (Å²) in [5.41, 5.74) is 16.1. The fourth-order valence-corrected chi connectivity index (χ4v) is 10.4. The first kappa shape index (κ1) is 31.6. The molecule has 0 aliphatic carbocycles. The maximum atomic E-state index is 7.23. The van der Waals surface area contributed by atoms with Crippen LogP contribution in [0.2, 0.25) is 0 Å². The van der Waals surface area contributed by atoms with Gasteiger partial charge in [0.1, 0.15) is 11.5 Å². The van der Waals surface area contributed by atoms with E-state index in [0.29, 0.717) is 0 Å². The molecule has 58 heavy (non-hydrogen) atoms. The van der Waals surface area contributed by atoms with Crippen molar-refractivity contribution in [1.29, 1.82) is 0 Å². The minimum absolute atomic E-state index is 0.625. The fourth-order valence-electron chi connectivity index (χ4n) is 10.4. The number of hydrogen-bond acceptors (Lipinski definition) is 1. The monoisotopic (exact) mass is 738 g/mol. The first-order valence-electron chi connectivity index (χ1n) is 20.0. The summed E-state index contributed by atoms with van der Waals surface area (Å²) in [7, 11) is 0. The van der Waals surface area contributed by atoms with Crippen LogP contribution >= 0.6 is 0 Å². The molecule has 11 aromatic rings. The van der Waals surface area contributed by atoms with Crippen LogP contribution in [0.15, 0.2) is 206 Å². The van der Waals surface area contributed by atoms with Crippen LogP contribution in [0.5, 0.6) is 11.5 Å². The molecule has 0 fully saturated rings. The van der Waals surface area contributed by atoms with E-state index < -0.39 is 5.41 Å². The van der Waals surface area contributed by atoms with Crippen molar-refractivity contribution in [3.05, 3.63) is 229 Å². The highest BCUT2D eigenvalue weighted by Crippen LogP contribution is 2.62. The Bertz CT molecular complexity index is 3460. The number of rotatable bonds is 3. The number of aromatic nitrogens is 2. The van der Waals surface area contributed by atoms with Crippen molar-refractivity contribution in [3.63, 3.8) is 0 Å². The van der Waals surface area contributed by atoms with E-state index in [9.17, 15) is 0 Å². The molecule has 0 bridgehead atoms. The minimum Gasteiger partial charge on any atom is -0.456 e. The molecule has 13 rings (SSSR count). The highest BCUT2D eigenvalue weighted by Gasteiger charge is 2.50. The molecule has 270 valence electrons. The van der Waals surface area contributed by atoms with Gasteiger partial charge in [0.05, 0.1) is 38.6 Å². The molecule has 0 saturated carbocycles. The third-order valence-electron chi connectivity index (χ3n) is 12.8. The van der Waals surface area contributed by atoms with E-state index in [1.54, 1.807) is 0 Å². The minimum atomic E-state index is -0.625. The van der Waals surface area contributed by atoms with Gasteiger partial charge in [-0.15, -0.1) is 0 Å². The Kier molecular flexibility index (Phi) is 6.37. The summed E-state index contributed by atoms with van der Waals surface area (Å²) in [5.74, 6) is 1.80. The quantitative estimate of drug-likeness (QED) is 0.177. The van der Waals surface area contributed by atoms with Crippen molar-refractivity contribution in [2.45, 2.75) is 5.41 Å². The summed E-state index contributed by atoms with van der Waals surface area (Å²) >= 11 is 0. The van der Waals surface area contributed by atoms with Crippen LogP contribution in [0.3, 0.4) is 0 Å². The molecule has 2 aliphatic heterocycles. The highest BCUT2D eigenvalue weighted by atomic mass is 16.5. The van der Waals surface area contributed by atoms with Gasteiger partial charge < -0.3 is 13.9 Å². The third kappa shape index (κ3) is 4.07. The van der Waals surface area contributed by atoms with Crippen molar-refractivity contribution < 1.29 is 4.74 Å². The molecule has 0 radical (unpaired) electrons. The summed E-state index contributed by atoms with van der Waals surface area (Å²) in [4.78, 5) is 0. The summed E-state index contributed by atoms with van der Waals surface area (Å²) in [6, 6.07) is 75.2. The maximum Gasteiger partial charge on any atom is 0.142 e. The average Bonchev–Trinajstić information content (AvgIpc) is 3.82. The van der Waals surface area contributed by atoms with Gasteiger partial charge in [0.15, 0.2) is 0 Å². The number of nitrogens with zero attached hydrogens (tertiary/aromatic N) is 2. The first-order valence-corrected chi connectivity index (χ1v) is 20.0. The van der Waals surface area contributed by atoms with Crippen molar-refractivity contribution >= 4 is 43.6 Å². The molecule has 1 atom stereocenters. The zero-order valence-corrected chi connectivity index (χ0v) is 31.4. The fraction of sp³-hybridized carbons (Fsp3) is 0.0182. The number of ether oxygens (including phenoxy) is 1. The van der Waals surface area contributed by atoms with Gasteiger partial charge in [0.2, 0.25) is 0 Å². The molecule has 0 amide bonds. The Balaban J connectivity index is 1.05. The summed E-state index contributed by atoms with van der Waals surface area (Å²) < 4.78 is 12.1. The van der Waals surface area contributed by atoms with Gasteiger partial charge in [-0.2, -0.15) is 0 Å². The highest BCUT2D eigenvalue weighted by molar-refractivity contribution is 6.15.